The summed E-state index contributed by atoms with van der Waals surface area (Å²) in [4.78, 5) is 0. The fraction of sp³-hybridized carbons (Fsp3) is 0.154. The lowest BCUT2D eigenvalue weighted by Crippen LogP contribution is -1.87. The lowest BCUT2D eigenvalue weighted by atomic mass is 10.1. The number of hydrogen-bond acceptors (Lipinski definition) is 1. The maximum absolute atomic E-state index is 13.9. The number of hydrogen-bond donors (Lipinski definition) is 0. The number of methoxy groups -OCH3 is 1. The minimum Gasteiger partial charge on any atom is -0.497 e. The maximum Gasteiger partial charge on any atom is 0.142 e. The first kappa shape index (κ1) is 19.3. The van der Waals surface area contributed by atoms with E-state index in [0.717, 1.165) is 29.5 Å². The van der Waals surface area contributed by atoms with Gasteiger partial charge in [0.15, 0.2) is 0 Å². The molecule has 0 saturated heterocycles. The molecule has 0 atom stereocenters. The lowest BCUT2D eigenvalue weighted by molar-refractivity contribution is 0.411. The van der Waals surface area contributed by atoms with Gasteiger partial charge in [0.05, 0.1) is 12.7 Å². The molecule has 0 radical (unpaired) electrons. The minimum atomic E-state index is -0.390. The van der Waals surface area contributed by atoms with E-state index >= 15 is 0 Å². The Morgan fingerprint density at radius 3 is 1.79 bits per heavy atom. The highest BCUT2D eigenvalue weighted by atomic mass is 19.1. The second-order valence-electron chi connectivity index (χ2n) is 6.37. The van der Waals surface area contributed by atoms with Crippen molar-refractivity contribution < 1.29 is 9.13 Å². The van der Waals surface area contributed by atoms with Gasteiger partial charge in [-0.15, -0.1) is 0 Å². The molecule has 0 aromatic heterocycles. The van der Waals surface area contributed by atoms with Gasteiger partial charge in [-0.3, -0.25) is 0 Å². The molecule has 0 aliphatic rings. The summed E-state index contributed by atoms with van der Waals surface area (Å²) in [6.45, 7) is 2.18. The van der Waals surface area contributed by atoms with E-state index in [1.165, 1.54) is 18.7 Å². The molecule has 0 heterocycles. The Balaban J connectivity index is 1.69. The molecule has 0 N–H and O–H groups in total. The topological polar surface area (TPSA) is 9.23 Å². The number of aryl methyl sites for hydroxylation is 1. The summed E-state index contributed by atoms with van der Waals surface area (Å²) in [5.41, 5.74) is 4.41. The molecule has 3 rings (SSSR count). The Kier molecular flexibility index (Phi) is 6.50. The standard InChI is InChI=1S/C26H21FO/c1-3-4-20-5-7-21(8-6-20)9-10-22-11-13-23(14-12-22)15-16-24-17-18-25(28-2)19-26(24)27/h5-8,11-14,17-19H,3-4H2,1-2H3. The van der Waals surface area contributed by atoms with Gasteiger partial charge >= 0.3 is 0 Å². The highest BCUT2D eigenvalue weighted by molar-refractivity contribution is 5.48. The van der Waals surface area contributed by atoms with Crippen LogP contribution in [0, 0.1) is 29.5 Å². The van der Waals surface area contributed by atoms with Crippen LogP contribution < -0.4 is 4.74 Å². The van der Waals surface area contributed by atoms with Crippen molar-refractivity contribution in [3.63, 3.8) is 0 Å². The molecule has 0 amide bonds. The third-order valence-electron chi connectivity index (χ3n) is 4.25. The smallest absolute Gasteiger partial charge is 0.142 e. The molecule has 138 valence electrons. The maximum atomic E-state index is 13.9. The average molecular weight is 368 g/mol. The van der Waals surface area contributed by atoms with E-state index in [1.807, 2.05) is 24.3 Å². The Morgan fingerprint density at radius 1 is 0.750 bits per heavy atom. The second-order valence-corrected chi connectivity index (χ2v) is 6.37. The molecule has 2 heteroatoms. The number of halogens is 1. The van der Waals surface area contributed by atoms with Crippen molar-refractivity contribution in [3.8, 4) is 29.4 Å². The van der Waals surface area contributed by atoms with E-state index in [1.54, 1.807) is 12.1 Å². The fourth-order valence-electron chi connectivity index (χ4n) is 2.69. The van der Waals surface area contributed by atoms with E-state index in [4.69, 9.17) is 4.74 Å². The summed E-state index contributed by atoms with van der Waals surface area (Å²) in [6.07, 6.45) is 2.24. The van der Waals surface area contributed by atoms with Crippen LogP contribution >= 0.6 is 0 Å². The van der Waals surface area contributed by atoms with Crippen molar-refractivity contribution in [2.45, 2.75) is 19.8 Å². The first-order chi connectivity index (χ1) is 13.7. The molecule has 0 saturated carbocycles. The molecule has 0 aliphatic heterocycles. The molecule has 3 aromatic rings. The van der Waals surface area contributed by atoms with Gasteiger partial charge in [0.1, 0.15) is 11.6 Å². The minimum absolute atomic E-state index is 0.344. The lowest BCUT2D eigenvalue weighted by Gasteiger charge is -2.00. The number of benzene rings is 3. The van der Waals surface area contributed by atoms with Crippen LogP contribution in [0.5, 0.6) is 5.75 Å². The van der Waals surface area contributed by atoms with Crippen LogP contribution in [0.25, 0.3) is 0 Å². The highest BCUT2D eigenvalue weighted by Gasteiger charge is 2.00. The van der Waals surface area contributed by atoms with E-state index in [9.17, 15) is 4.39 Å². The summed E-state index contributed by atoms with van der Waals surface area (Å²) < 4.78 is 18.9. The van der Waals surface area contributed by atoms with E-state index < -0.39 is 0 Å². The van der Waals surface area contributed by atoms with Crippen molar-refractivity contribution >= 4 is 0 Å². The Labute approximate surface area is 166 Å². The largest absolute Gasteiger partial charge is 0.497 e. The number of ether oxygens (including phenoxy) is 1. The molecule has 1 nitrogen and oxygen atoms in total. The van der Waals surface area contributed by atoms with Gasteiger partial charge in [-0.05, 0) is 60.5 Å². The molecule has 0 bridgehead atoms. The monoisotopic (exact) mass is 368 g/mol. The Bertz CT molecular complexity index is 1060. The van der Waals surface area contributed by atoms with E-state index in [-0.39, 0.29) is 5.82 Å². The molecule has 3 aromatic carbocycles. The van der Waals surface area contributed by atoms with Gasteiger partial charge in [0, 0.05) is 22.8 Å². The number of rotatable bonds is 3. The predicted molar refractivity (Wildman–Crippen MR) is 112 cm³/mol. The first-order valence-corrected chi connectivity index (χ1v) is 9.24. The molecule has 0 unspecified atom stereocenters. The molecule has 0 fully saturated rings. The summed E-state index contributed by atoms with van der Waals surface area (Å²) >= 11 is 0. The predicted octanol–water partition coefficient (Wildman–Crippen LogP) is 5.59. The van der Waals surface area contributed by atoms with Crippen LogP contribution in [-0.2, 0) is 6.42 Å². The van der Waals surface area contributed by atoms with Crippen LogP contribution in [0.15, 0.2) is 66.7 Å². The third-order valence-corrected chi connectivity index (χ3v) is 4.25. The van der Waals surface area contributed by atoms with Gasteiger partial charge in [0.25, 0.3) is 0 Å². The quantitative estimate of drug-likeness (QED) is 0.548. The van der Waals surface area contributed by atoms with Gasteiger partial charge in [-0.2, -0.15) is 0 Å². The van der Waals surface area contributed by atoms with Crippen LogP contribution in [0.1, 0.15) is 41.2 Å². The van der Waals surface area contributed by atoms with Gasteiger partial charge in [0.2, 0.25) is 0 Å². The normalized spacial score (nSPS) is 9.68. The van der Waals surface area contributed by atoms with Crippen molar-refractivity contribution in [2.75, 3.05) is 7.11 Å². The Hall–Kier alpha value is -3.49. The molecule has 28 heavy (non-hydrogen) atoms. The van der Waals surface area contributed by atoms with Crippen LogP contribution in [0.4, 0.5) is 4.39 Å². The van der Waals surface area contributed by atoms with Crippen LogP contribution in [0.2, 0.25) is 0 Å². The van der Waals surface area contributed by atoms with E-state index in [0.29, 0.717) is 11.3 Å². The fourth-order valence-corrected chi connectivity index (χ4v) is 2.69. The zero-order valence-electron chi connectivity index (χ0n) is 16.1. The third kappa shape index (κ3) is 5.26. The van der Waals surface area contributed by atoms with Crippen molar-refractivity contribution in [2.24, 2.45) is 0 Å². The average Bonchev–Trinajstić information content (AvgIpc) is 2.73. The molecular weight excluding hydrogens is 347 g/mol. The van der Waals surface area contributed by atoms with Crippen molar-refractivity contribution in [1.29, 1.82) is 0 Å². The van der Waals surface area contributed by atoms with Gasteiger partial charge in [-0.25, -0.2) is 4.39 Å². The zero-order valence-corrected chi connectivity index (χ0v) is 16.1. The SMILES string of the molecule is CCCc1ccc(C#Cc2ccc(C#Cc3ccc(OC)cc3F)cc2)cc1. The van der Waals surface area contributed by atoms with Crippen molar-refractivity contribution in [1.82, 2.24) is 0 Å². The first-order valence-electron chi connectivity index (χ1n) is 9.24. The molecule has 0 spiro atoms. The van der Waals surface area contributed by atoms with Gasteiger partial charge < -0.3 is 4.74 Å². The van der Waals surface area contributed by atoms with Crippen LogP contribution in [-0.4, -0.2) is 7.11 Å². The molecular formula is C26H21FO. The zero-order chi connectivity index (χ0) is 19.8. The van der Waals surface area contributed by atoms with Gasteiger partial charge in [-0.1, -0.05) is 49.2 Å². The summed E-state index contributed by atoms with van der Waals surface area (Å²) in [5.74, 6) is 12.3. The van der Waals surface area contributed by atoms with E-state index in [2.05, 4.69) is 54.9 Å². The summed E-state index contributed by atoms with van der Waals surface area (Å²) in [5, 5.41) is 0. The van der Waals surface area contributed by atoms with Crippen LogP contribution in [0.3, 0.4) is 0 Å². The summed E-state index contributed by atoms with van der Waals surface area (Å²) in [7, 11) is 1.51. The summed E-state index contributed by atoms with van der Waals surface area (Å²) in [6, 6.07) is 20.6. The Morgan fingerprint density at radius 2 is 1.29 bits per heavy atom. The molecule has 0 aliphatic carbocycles. The van der Waals surface area contributed by atoms with Crippen molar-refractivity contribution in [3.05, 3.63) is 100 Å². The highest BCUT2D eigenvalue weighted by Crippen LogP contribution is 2.15. The second kappa shape index (κ2) is 9.45.